The first-order valence-electron chi connectivity index (χ1n) is 28.2. The Morgan fingerprint density at radius 2 is 1.20 bits per heavy atom. The molecule has 4 aromatic rings. The van der Waals surface area contributed by atoms with Crippen molar-refractivity contribution in [2.45, 2.75) is 139 Å². The molecule has 460 valence electrons. The molecule has 14 atom stereocenters. The molecule has 0 aromatic heterocycles. The zero-order valence-electron chi connectivity index (χ0n) is 47.8. The van der Waals surface area contributed by atoms with Crippen LogP contribution in [-0.4, -0.2) is 193 Å². The Labute approximate surface area is 491 Å². The number of unbranched alkanes of at least 4 members (excludes halogenated alkanes) is 2. The van der Waals surface area contributed by atoms with E-state index in [-0.39, 0.29) is 23.4 Å². The SMILES string of the molecule is CCCCCOc1ccc(-c2ccc(-c3ccc(C(=O)N[C@H]4C[C@@H](O)CNC(=O)[C@@H]5[C@@H](O)[C@H](C)CN5C(=O)[C@H]([C@@H](C)O)NC(=O)[C@H]([C@H](O)Cc5ccc(OP(=O)(O)OC)cc5)NC(=O)[C@@H]5C[C@@H](O)CN5C(=O)[C@H]([C@@H](C)O)NC4=O)cc3)cc2)cc1. The number of fused-ring (bicyclic) bond motifs is 2. The van der Waals surface area contributed by atoms with Gasteiger partial charge in [-0.15, -0.1) is 0 Å². The topological polar surface area (TPSA) is 372 Å². The van der Waals surface area contributed by atoms with Crippen LogP contribution in [0.1, 0.15) is 75.7 Å². The maximum absolute atomic E-state index is 14.5. The molecule has 7 amide bonds. The molecule has 0 saturated carbocycles. The molecule has 85 heavy (non-hydrogen) atoms. The molecule has 1 unspecified atom stereocenters. The number of phosphoric acid groups is 1. The Hall–Kier alpha value is -7.32. The lowest BCUT2D eigenvalue weighted by Gasteiger charge is -2.33. The second-order valence-electron chi connectivity index (χ2n) is 21.8. The maximum Gasteiger partial charge on any atom is 0.527 e. The van der Waals surface area contributed by atoms with Crippen LogP contribution in [0.25, 0.3) is 22.3 Å². The van der Waals surface area contributed by atoms with Crippen molar-refractivity contribution in [3.63, 3.8) is 0 Å². The van der Waals surface area contributed by atoms with Gasteiger partial charge in [-0.1, -0.05) is 87.4 Å². The summed E-state index contributed by atoms with van der Waals surface area (Å²) in [6.07, 6.45) is -8.21. The fraction of sp³-hybridized carbons (Fsp3) is 0.475. The van der Waals surface area contributed by atoms with Gasteiger partial charge in [-0.05, 0) is 84.5 Å². The summed E-state index contributed by atoms with van der Waals surface area (Å²) in [5.41, 5.74) is 3.87. The minimum absolute atomic E-state index is 0.0740. The van der Waals surface area contributed by atoms with Crippen LogP contribution < -0.4 is 35.8 Å². The van der Waals surface area contributed by atoms with Crippen LogP contribution in [0.5, 0.6) is 11.5 Å². The van der Waals surface area contributed by atoms with Gasteiger partial charge in [0.05, 0.1) is 43.2 Å². The van der Waals surface area contributed by atoms with Crippen molar-refractivity contribution in [1.82, 2.24) is 36.4 Å². The third-order valence-electron chi connectivity index (χ3n) is 15.2. The van der Waals surface area contributed by atoms with Crippen molar-refractivity contribution in [3.05, 3.63) is 108 Å². The molecular formula is C59H76N7O18P. The van der Waals surface area contributed by atoms with E-state index >= 15 is 0 Å². The van der Waals surface area contributed by atoms with Crippen LogP contribution in [0.4, 0.5) is 0 Å². The van der Waals surface area contributed by atoms with Gasteiger partial charge >= 0.3 is 7.82 Å². The molecule has 3 heterocycles. The summed E-state index contributed by atoms with van der Waals surface area (Å²) < 4.78 is 27.2. The zero-order valence-corrected chi connectivity index (χ0v) is 48.7. The van der Waals surface area contributed by atoms with E-state index in [0.29, 0.717) is 6.61 Å². The standard InChI is InChI=1S/C59H76N7O18P/c1-6-7-8-25-83-43-23-19-39(20-24-43)37-13-11-36(12-14-37)38-15-17-40(18-16-38)53(73)61-45-27-41(69)29-60-57(77)51-52(72)32(2)30-66(51)59(79)49(34(4)68)63-56(76)50(47(71)26-35-9-21-44(22-10-35)84-85(80,81)82-5)64-55(75)46-28-42(70)31-65(46)58(78)48(33(3)67)62-54(45)74/h9-24,32-34,41-42,45-52,67-72H,6-8,25-31H2,1-5H3,(H,60,77)(H,61,73)(H,62,74)(H,63,76)(H,64,75)(H,80,81)/t32-,33-,34-,41-,42-,45+,46+,47-,48+,49+,50+,51+,52+/m1/s1. The highest BCUT2D eigenvalue weighted by Gasteiger charge is 2.49. The van der Waals surface area contributed by atoms with E-state index in [1.807, 2.05) is 48.5 Å². The Bertz CT molecular complexity index is 3030. The van der Waals surface area contributed by atoms with Crippen molar-refractivity contribution in [1.29, 1.82) is 0 Å². The molecule has 3 saturated heterocycles. The molecule has 4 aromatic carbocycles. The highest BCUT2D eigenvalue weighted by Crippen LogP contribution is 2.42. The molecule has 0 spiro atoms. The number of nitrogens with zero attached hydrogens (tertiary/aromatic N) is 2. The number of carbonyl (C=O) groups excluding carboxylic acids is 7. The minimum Gasteiger partial charge on any atom is -0.494 e. The third-order valence-corrected chi connectivity index (χ3v) is 16.1. The van der Waals surface area contributed by atoms with E-state index in [4.69, 9.17) is 9.26 Å². The highest BCUT2D eigenvalue weighted by atomic mass is 31.2. The van der Waals surface area contributed by atoms with E-state index in [1.54, 1.807) is 12.1 Å². The largest absolute Gasteiger partial charge is 0.527 e. The van der Waals surface area contributed by atoms with Crippen LogP contribution in [-0.2, 0) is 44.3 Å². The van der Waals surface area contributed by atoms with Crippen LogP contribution in [0.15, 0.2) is 97.1 Å². The molecule has 12 N–H and O–H groups in total. The summed E-state index contributed by atoms with van der Waals surface area (Å²) in [6.45, 7) is 5.17. The Morgan fingerprint density at radius 3 is 1.76 bits per heavy atom. The van der Waals surface area contributed by atoms with Gasteiger partial charge in [0.2, 0.25) is 35.4 Å². The second kappa shape index (κ2) is 29.2. The predicted molar refractivity (Wildman–Crippen MR) is 307 cm³/mol. The Balaban J connectivity index is 1.15. The van der Waals surface area contributed by atoms with E-state index in [2.05, 4.69) is 38.0 Å². The number of hydrogen-bond acceptors (Lipinski definition) is 17. The first-order valence-corrected chi connectivity index (χ1v) is 29.7. The number of aliphatic hydroxyl groups is 6. The van der Waals surface area contributed by atoms with Gasteiger partial charge in [0.15, 0.2) is 0 Å². The quantitative estimate of drug-likeness (QED) is 0.0511. The summed E-state index contributed by atoms with van der Waals surface area (Å²) in [4.78, 5) is 112. The molecule has 3 fully saturated rings. The fourth-order valence-corrected chi connectivity index (χ4v) is 10.9. The molecule has 3 aliphatic heterocycles. The van der Waals surface area contributed by atoms with Crippen LogP contribution in [0.3, 0.4) is 0 Å². The third kappa shape index (κ3) is 16.8. The van der Waals surface area contributed by atoms with Gasteiger partial charge in [-0.2, -0.15) is 0 Å². The average Bonchev–Trinajstić information content (AvgIpc) is 4.03. The van der Waals surface area contributed by atoms with Crippen LogP contribution in [0.2, 0.25) is 0 Å². The minimum atomic E-state index is -4.47. The molecular weight excluding hydrogens is 1130 g/mol. The fourth-order valence-electron chi connectivity index (χ4n) is 10.4. The molecule has 3 aliphatic rings. The van der Waals surface area contributed by atoms with Crippen molar-refractivity contribution in [2.24, 2.45) is 5.92 Å². The molecule has 0 bridgehead atoms. The smallest absolute Gasteiger partial charge is 0.494 e. The highest BCUT2D eigenvalue weighted by molar-refractivity contribution is 7.47. The molecule has 25 nitrogen and oxygen atoms in total. The lowest BCUT2D eigenvalue weighted by molar-refractivity contribution is -0.147. The number of nitrogens with one attached hydrogen (secondary N) is 5. The van der Waals surface area contributed by atoms with Gasteiger partial charge in [0, 0.05) is 57.5 Å². The predicted octanol–water partition coefficient (Wildman–Crippen LogP) is 0.684. The van der Waals surface area contributed by atoms with E-state index < -0.39 is 160 Å². The number of aliphatic hydroxyl groups excluding tert-OH is 6. The Kier molecular flexibility index (Phi) is 22.4. The van der Waals surface area contributed by atoms with Crippen molar-refractivity contribution < 1.29 is 87.4 Å². The van der Waals surface area contributed by atoms with Crippen molar-refractivity contribution in [3.8, 4) is 33.8 Å². The van der Waals surface area contributed by atoms with Gasteiger partial charge in [0.1, 0.15) is 47.8 Å². The van der Waals surface area contributed by atoms with Crippen molar-refractivity contribution >= 4 is 49.2 Å². The number of phosphoric ester groups is 1. The van der Waals surface area contributed by atoms with Crippen molar-refractivity contribution in [2.75, 3.05) is 33.4 Å². The van der Waals surface area contributed by atoms with Crippen LogP contribution >= 0.6 is 7.82 Å². The molecule has 7 rings (SSSR count). The van der Waals surface area contributed by atoms with Gasteiger partial charge in [-0.25, -0.2) is 4.57 Å². The van der Waals surface area contributed by atoms with Gasteiger partial charge in [-0.3, -0.25) is 43.0 Å². The monoisotopic (exact) mass is 1200 g/mol. The first-order chi connectivity index (χ1) is 40.4. The lowest BCUT2D eigenvalue weighted by atomic mass is 9.99. The van der Waals surface area contributed by atoms with E-state index in [0.717, 1.165) is 78.0 Å². The normalized spacial score (nSPS) is 26.4. The number of rotatable bonds is 17. The summed E-state index contributed by atoms with van der Waals surface area (Å²) in [6, 6.07) is 16.4. The summed E-state index contributed by atoms with van der Waals surface area (Å²) >= 11 is 0. The number of benzene rings is 4. The second-order valence-corrected chi connectivity index (χ2v) is 23.3. The summed E-state index contributed by atoms with van der Waals surface area (Å²) in [7, 11) is -3.52. The average molecular weight is 1200 g/mol. The lowest BCUT2D eigenvalue weighted by Crippen LogP contribution is -2.64. The first kappa shape index (κ1) is 65.2. The number of carbonyl (C=O) groups is 7. The van der Waals surface area contributed by atoms with Gasteiger partial charge in [0.25, 0.3) is 5.91 Å². The summed E-state index contributed by atoms with van der Waals surface area (Å²) in [5, 5.41) is 79.9. The number of amides is 7. The van der Waals surface area contributed by atoms with E-state index in [1.165, 1.54) is 43.3 Å². The summed E-state index contributed by atoms with van der Waals surface area (Å²) in [5.74, 6) is -7.57. The van der Waals surface area contributed by atoms with Crippen LogP contribution in [0, 0.1) is 5.92 Å². The van der Waals surface area contributed by atoms with Gasteiger partial charge < -0.3 is 76.3 Å². The number of hydrogen-bond donors (Lipinski definition) is 12. The zero-order chi connectivity index (χ0) is 61.9. The van der Waals surface area contributed by atoms with E-state index in [9.17, 15) is 73.7 Å². The molecule has 26 heteroatoms. The maximum atomic E-state index is 14.5. The Morgan fingerprint density at radius 1 is 0.671 bits per heavy atom. The molecule has 0 aliphatic carbocycles. The number of β-amino-alcohol motifs (C(OH)–C–C–N with tert-alkyl or cyclic N) is 1. The number of ether oxygens (including phenoxy) is 1. The molecule has 0 radical (unpaired) electrons.